The number of hydrogen-bond acceptors (Lipinski definition) is 6. The van der Waals surface area contributed by atoms with Crippen molar-refractivity contribution in [2.45, 2.75) is 6.92 Å². The van der Waals surface area contributed by atoms with Crippen LogP contribution >= 0.6 is 0 Å². The van der Waals surface area contributed by atoms with E-state index in [4.69, 9.17) is 0 Å². The smallest absolute Gasteiger partial charge is 0.285 e. The SMILES string of the molecule is Cc1cccc(C(=O)N2CCN(c3ccnc(-c4ccccc4)n3)CC2)c1[N+](=O)[O-]. The zero-order chi connectivity index (χ0) is 21.1. The van der Waals surface area contributed by atoms with E-state index in [2.05, 4.69) is 14.9 Å². The summed E-state index contributed by atoms with van der Waals surface area (Å²) in [5, 5.41) is 11.4. The molecule has 2 heterocycles. The molecule has 8 nitrogen and oxygen atoms in total. The molecule has 0 bridgehead atoms. The van der Waals surface area contributed by atoms with Crippen LogP contribution in [0.15, 0.2) is 60.8 Å². The number of carbonyl (C=O) groups is 1. The van der Waals surface area contributed by atoms with E-state index in [-0.39, 0.29) is 17.2 Å². The Hall–Kier alpha value is -3.81. The van der Waals surface area contributed by atoms with Crippen LogP contribution in [-0.2, 0) is 0 Å². The van der Waals surface area contributed by atoms with Gasteiger partial charge in [0.1, 0.15) is 11.4 Å². The van der Waals surface area contributed by atoms with Gasteiger partial charge < -0.3 is 9.80 Å². The van der Waals surface area contributed by atoms with Gasteiger partial charge in [0.15, 0.2) is 5.82 Å². The Balaban J connectivity index is 1.48. The second-order valence-corrected chi connectivity index (χ2v) is 7.11. The van der Waals surface area contributed by atoms with Crippen molar-refractivity contribution >= 4 is 17.4 Å². The Morgan fingerprint density at radius 3 is 2.43 bits per heavy atom. The van der Waals surface area contributed by atoms with Gasteiger partial charge in [0, 0.05) is 43.5 Å². The molecule has 1 aromatic heterocycles. The van der Waals surface area contributed by atoms with Crippen LogP contribution in [-0.4, -0.2) is 51.9 Å². The van der Waals surface area contributed by atoms with Crippen LogP contribution in [0, 0.1) is 17.0 Å². The summed E-state index contributed by atoms with van der Waals surface area (Å²) < 4.78 is 0. The van der Waals surface area contributed by atoms with Gasteiger partial charge in [-0.3, -0.25) is 14.9 Å². The Bertz CT molecular complexity index is 1080. The van der Waals surface area contributed by atoms with Gasteiger partial charge in [-0.1, -0.05) is 42.5 Å². The Labute approximate surface area is 174 Å². The molecule has 4 rings (SSSR count). The van der Waals surface area contributed by atoms with Gasteiger partial charge >= 0.3 is 0 Å². The number of nitro groups is 1. The Morgan fingerprint density at radius 1 is 1.00 bits per heavy atom. The molecule has 0 aliphatic carbocycles. The Kier molecular flexibility index (Phi) is 5.38. The van der Waals surface area contributed by atoms with Gasteiger partial charge in [0.05, 0.1) is 4.92 Å². The highest BCUT2D eigenvalue weighted by atomic mass is 16.6. The molecule has 1 amide bonds. The van der Waals surface area contributed by atoms with E-state index in [1.807, 2.05) is 36.4 Å². The van der Waals surface area contributed by atoms with Gasteiger partial charge in [-0.15, -0.1) is 0 Å². The second kappa shape index (κ2) is 8.28. The van der Waals surface area contributed by atoms with Gasteiger partial charge in [-0.2, -0.15) is 0 Å². The van der Waals surface area contributed by atoms with E-state index in [0.717, 1.165) is 11.4 Å². The lowest BCUT2D eigenvalue weighted by molar-refractivity contribution is -0.385. The number of amides is 1. The number of aryl methyl sites for hydroxylation is 1. The minimum absolute atomic E-state index is 0.117. The fraction of sp³-hybridized carbons (Fsp3) is 0.227. The van der Waals surface area contributed by atoms with Crippen molar-refractivity contribution in [2.24, 2.45) is 0 Å². The predicted octanol–water partition coefficient (Wildman–Crippen LogP) is 3.32. The summed E-state index contributed by atoms with van der Waals surface area (Å²) in [6.45, 7) is 3.77. The fourth-order valence-corrected chi connectivity index (χ4v) is 3.63. The summed E-state index contributed by atoms with van der Waals surface area (Å²) in [4.78, 5) is 36.7. The molecule has 0 N–H and O–H groups in total. The van der Waals surface area contributed by atoms with Gasteiger partial charge in [0.25, 0.3) is 11.6 Å². The second-order valence-electron chi connectivity index (χ2n) is 7.11. The quantitative estimate of drug-likeness (QED) is 0.490. The normalized spacial score (nSPS) is 13.9. The number of carbonyl (C=O) groups excluding carboxylic acids is 1. The minimum Gasteiger partial charge on any atom is -0.353 e. The van der Waals surface area contributed by atoms with E-state index >= 15 is 0 Å². The van der Waals surface area contributed by atoms with Gasteiger partial charge in [0.2, 0.25) is 0 Å². The molecule has 2 aromatic carbocycles. The third-order valence-corrected chi connectivity index (χ3v) is 5.21. The zero-order valence-corrected chi connectivity index (χ0v) is 16.6. The van der Waals surface area contributed by atoms with Crippen molar-refractivity contribution in [3.63, 3.8) is 0 Å². The number of nitrogens with zero attached hydrogens (tertiary/aromatic N) is 5. The van der Waals surface area contributed by atoms with E-state index < -0.39 is 4.92 Å². The fourth-order valence-electron chi connectivity index (χ4n) is 3.63. The third kappa shape index (κ3) is 3.84. The average molecular weight is 403 g/mol. The third-order valence-electron chi connectivity index (χ3n) is 5.21. The summed E-state index contributed by atoms with van der Waals surface area (Å²) in [6, 6.07) is 16.5. The van der Waals surface area contributed by atoms with Gasteiger partial charge in [-0.05, 0) is 19.1 Å². The number of aromatic nitrogens is 2. The van der Waals surface area contributed by atoms with E-state index in [1.165, 1.54) is 6.07 Å². The highest BCUT2D eigenvalue weighted by molar-refractivity contribution is 5.98. The van der Waals surface area contributed by atoms with Crippen molar-refractivity contribution in [2.75, 3.05) is 31.1 Å². The number of para-hydroxylation sites is 1. The number of rotatable bonds is 4. The molecule has 30 heavy (non-hydrogen) atoms. The molecule has 0 unspecified atom stereocenters. The summed E-state index contributed by atoms with van der Waals surface area (Å²) in [5.74, 6) is 1.15. The van der Waals surface area contributed by atoms with E-state index in [9.17, 15) is 14.9 Å². The van der Waals surface area contributed by atoms with Crippen molar-refractivity contribution in [1.29, 1.82) is 0 Å². The first-order chi connectivity index (χ1) is 14.5. The van der Waals surface area contributed by atoms with Crippen molar-refractivity contribution < 1.29 is 9.72 Å². The lowest BCUT2D eigenvalue weighted by atomic mass is 10.1. The van der Waals surface area contributed by atoms with E-state index in [0.29, 0.717) is 37.6 Å². The standard InChI is InChI=1S/C22H21N5O3/c1-16-6-5-9-18(20(16)27(29)30)22(28)26-14-12-25(13-15-26)19-10-11-23-21(24-19)17-7-3-2-4-8-17/h2-11H,12-15H2,1H3. The molecule has 0 atom stereocenters. The first-order valence-corrected chi connectivity index (χ1v) is 9.71. The van der Waals surface area contributed by atoms with Crippen LogP contribution in [0.4, 0.5) is 11.5 Å². The molecule has 0 spiro atoms. The summed E-state index contributed by atoms with van der Waals surface area (Å²) in [5.41, 5.74) is 1.45. The highest BCUT2D eigenvalue weighted by Crippen LogP contribution is 2.25. The lowest BCUT2D eigenvalue weighted by Gasteiger charge is -2.35. The van der Waals surface area contributed by atoms with Crippen LogP contribution < -0.4 is 4.90 Å². The average Bonchev–Trinajstić information content (AvgIpc) is 2.79. The van der Waals surface area contributed by atoms with Crippen LogP contribution in [0.25, 0.3) is 11.4 Å². The zero-order valence-electron chi connectivity index (χ0n) is 16.6. The van der Waals surface area contributed by atoms with Crippen LogP contribution in [0.2, 0.25) is 0 Å². The summed E-state index contributed by atoms with van der Waals surface area (Å²) >= 11 is 0. The molecule has 0 radical (unpaired) electrons. The van der Waals surface area contributed by atoms with Crippen molar-refractivity contribution in [1.82, 2.24) is 14.9 Å². The van der Waals surface area contributed by atoms with Crippen LogP contribution in [0.3, 0.4) is 0 Å². The summed E-state index contributed by atoms with van der Waals surface area (Å²) in [7, 11) is 0. The summed E-state index contributed by atoms with van der Waals surface area (Å²) in [6.07, 6.45) is 1.73. The molecule has 8 heteroatoms. The molecule has 1 aliphatic rings. The number of hydrogen-bond donors (Lipinski definition) is 0. The number of anilines is 1. The van der Waals surface area contributed by atoms with Gasteiger partial charge in [-0.25, -0.2) is 9.97 Å². The number of benzene rings is 2. The number of piperazine rings is 1. The predicted molar refractivity (Wildman–Crippen MR) is 113 cm³/mol. The molecule has 1 saturated heterocycles. The maximum Gasteiger partial charge on any atom is 0.285 e. The number of nitro benzene ring substituents is 1. The minimum atomic E-state index is -0.481. The van der Waals surface area contributed by atoms with E-state index in [1.54, 1.807) is 30.2 Å². The van der Waals surface area contributed by atoms with Crippen molar-refractivity contribution in [3.8, 4) is 11.4 Å². The van der Waals surface area contributed by atoms with Crippen molar-refractivity contribution in [3.05, 3.63) is 82.0 Å². The molecule has 1 aliphatic heterocycles. The Morgan fingerprint density at radius 2 is 1.73 bits per heavy atom. The van der Waals surface area contributed by atoms with Crippen LogP contribution in [0.5, 0.6) is 0 Å². The van der Waals surface area contributed by atoms with Crippen LogP contribution in [0.1, 0.15) is 15.9 Å². The first kappa shape index (κ1) is 19.5. The maximum atomic E-state index is 12.9. The highest BCUT2D eigenvalue weighted by Gasteiger charge is 2.29. The molecule has 1 fully saturated rings. The molecule has 3 aromatic rings. The largest absolute Gasteiger partial charge is 0.353 e. The molecule has 152 valence electrons. The molecular weight excluding hydrogens is 382 g/mol. The monoisotopic (exact) mass is 403 g/mol. The maximum absolute atomic E-state index is 12.9. The first-order valence-electron chi connectivity index (χ1n) is 9.71. The lowest BCUT2D eigenvalue weighted by Crippen LogP contribution is -2.49. The molecular formula is C22H21N5O3. The topological polar surface area (TPSA) is 92.5 Å². The molecule has 0 saturated carbocycles.